The minimum absolute atomic E-state index is 0.141. The van der Waals surface area contributed by atoms with Crippen LogP contribution in [-0.4, -0.2) is 45.3 Å². The molecule has 1 unspecified atom stereocenters. The van der Waals surface area contributed by atoms with E-state index in [0.717, 1.165) is 11.4 Å². The first-order valence-corrected chi connectivity index (χ1v) is 5.79. The molecular weight excluding hydrogens is 234 g/mol. The third-order valence-corrected chi connectivity index (χ3v) is 2.78. The largest absolute Gasteiger partial charge is 0.481 e. The number of carboxylic acids is 1. The van der Waals surface area contributed by atoms with Gasteiger partial charge in [-0.1, -0.05) is 6.92 Å². The monoisotopic (exact) mass is 253 g/mol. The van der Waals surface area contributed by atoms with Crippen molar-refractivity contribution in [2.45, 2.75) is 27.3 Å². The zero-order valence-electron chi connectivity index (χ0n) is 11.2. The van der Waals surface area contributed by atoms with Crippen molar-refractivity contribution < 1.29 is 14.7 Å². The number of carbonyl (C=O) groups is 2. The average molecular weight is 253 g/mol. The standard InChI is InChI=1S/C12H19N3O3/c1-8(12(17)18)6-14(4)11(16)7-15-10(3)5-9(2)13-15/h5,8H,6-7H2,1-4H3,(H,17,18). The third kappa shape index (κ3) is 3.58. The fourth-order valence-electron chi connectivity index (χ4n) is 1.67. The van der Waals surface area contributed by atoms with E-state index in [1.807, 2.05) is 19.9 Å². The van der Waals surface area contributed by atoms with Gasteiger partial charge in [0.15, 0.2) is 0 Å². The summed E-state index contributed by atoms with van der Waals surface area (Å²) >= 11 is 0. The van der Waals surface area contributed by atoms with Crippen molar-refractivity contribution in [1.82, 2.24) is 14.7 Å². The zero-order chi connectivity index (χ0) is 13.9. The average Bonchev–Trinajstić information content (AvgIpc) is 2.56. The molecule has 100 valence electrons. The van der Waals surface area contributed by atoms with Crippen LogP contribution in [0.3, 0.4) is 0 Å². The van der Waals surface area contributed by atoms with Crippen LogP contribution in [-0.2, 0) is 16.1 Å². The highest BCUT2D eigenvalue weighted by Gasteiger charge is 2.18. The molecule has 1 amide bonds. The van der Waals surface area contributed by atoms with Crippen molar-refractivity contribution in [2.24, 2.45) is 5.92 Å². The molecule has 0 radical (unpaired) electrons. The van der Waals surface area contributed by atoms with Gasteiger partial charge >= 0.3 is 5.97 Å². The number of hydrogen-bond acceptors (Lipinski definition) is 3. The summed E-state index contributed by atoms with van der Waals surface area (Å²) in [7, 11) is 1.60. The topological polar surface area (TPSA) is 75.4 Å². The van der Waals surface area contributed by atoms with Crippen LogP contribution in [0.1, 0.15) is 18.3 Å². The van der Waals surface area contributed by atoms with Gasteiger partial charge in [0.25, 0.3) is 0 Å². The van der Waals surface area contributed by atoms with Crippen LogP contribution < -0.4 is 0 Å². The molecule has 0 aromatic carbocycles. The van der Waals surface area contributed by atoms with Gasteiger partial charge in [0.1, 0.15) is 6.54 Å². The van der Waals surface area contributed by atoms with Crippen molar-refractivity contribution >= 4 is 11.9 Å². The van der Waals surface area contributed by atoms with Crippen molar-refractivity contribution in [3.05, 3.63) is 17.5 Å². The lowest BCUT2D eigenvalue weighted by Crippen LogP contribution is -2.36. The zero-order valence-corrected chi connectivity index (χ0v) is 11.2. The highest BCUT2D eigenvalue weighted by molar-refractivity contribution is 5.77. The van der Waals surface area contributed by atoms with E-state index >= 15 is 0 Å². The molecule has 1 rings (SSSR count). The number of nitrogens with zero attached hydrogens (tertiary/aromatic N) is 3. The summed E-state index contributed by atoms with van der Waals surface area (Å²) in [6, 6.07) is 1.90. The SMILES string of the molecule is Cc1cc(C)n(CC(=O)N(C)CC(C)C(=O)O)n1. The van der Waals surface area contributed by atoms with E-state index in [9.17, 15) is 9.59 Å². The second kappa shape index (κ2) is 5.66. The van der Waals surface area contributed by atoms with Crippen LogP contribution in [0.25, 0.3) is 0 Å². The second-order valence-corrected chi connectivity index (χ2v) is 4.60. The van der Waals surface area contributed by atoms with Crippen LogP contribution in [0, 0.1) is 19.8 Å². The van der Waals surface area contributed by atoms with Crippen molar-refractivity contribution in [3.8, 4) is 0 Å². The predicted octanol–water partition coefficient (Wildman–Crippen LogP) is 0.679. The fraction of sp³-hybridized carbons (Fsp3) is 0.583. The molecule has 0 aliphatic rings. The highest BCUT2D eigenvalue weighted by Crippen LogP contribution is 2.04. The van der Waals surface area contributed by atoms with Crippen LogP contribution in [0.5, 0.6) is 0 Å². The summed E-state index contributed by atoms with van der Waals surface area (Å²) in [6.45, 7) is 5.67. The summed E-state index contributed by atoms with van der Waals surface area (Å²) in [5, 5.41) is 13.0. The van der Waals surface area contributed by atoms with Crippen molar-refractivity contribution in [3.63, 3.8) is 0 Å². The molecule has 0 saturated heterocycles. The van der Waals surface area contributed by atoms with Gasteiger partial charge in [-0.05, 0) is 19.9 Å². The smallest absolute Gasteiger partial charge is 0.308 e. The van der Waals surface area contributed by atoms with Crippen LogP contribution >= 0.6 is 0 Å². The first kappa shape index (κ1) is 14.2. The number of aryl methyl sites for hydroxylation is 2. The Hall–Kier alpha value is -1.85. The van der Waals surface area contributed by atoms with E-state index in [1.165, 1.54) is 4.90 Å². The first-order chi connectivity index (χ1) is 8.31. The van der Waals surface area contributed by atoms with Gasteiger partial charge in [-0.2, -0.15) is 5.10 Å². The van der Waals surface area contributed by atoms with E-state index in [4.69, 9.17) is 5.11 Å². The predicted molar refractivity (Wildman–Crippen MR) is 66.1 cm³/mol. The number of amides is 1. The first-order valence-electron chi connectivity index (χ1n) is 5.79. The quantitative estimate of drug-likeness (QED) is 0.837. The Kier molecular flexibility index (Phi) is 4.47. The number of aliphatic carboxylic acids is 1. The summed E-state index contributed by atoms with van der Waals surface area (Å²) in [4.78, 5) is 24.0. The summed E-state index contributed by atoms with van der Waals surface area (Å²) in [5.74, 6) is -1.62. The van der Waals surface area contributed by atoms with Crippen LogP contribution in [0.4, 0.5) is 0 Å². The number of carboxylic acid groups (broad SMARTS) is 1. The molecule has 0 bridgehead atoms. The maximum atomic E-state index is 11.9. The van der Waals surface area contributed by atoms with Gasteiger partial charge in [-0.25, -0.2) is 0 Å². The maximum absolute atomic E-state index is 11.9. The molecule has 1 atom stereocenters. The van der Waals surface area contributed by atoms with Crippen LogP contribution in [0.2, 0.25) is 0 Å². The Balaban J connectivity index is 2.60. The van der Waals surface area contributed by atoms with Crippen molar-refractivity contribution in [1.29, 1.82) is 0 Å². The summed E-state index contributed by atoms with van der Waals surface area (Å²) < 4.78 is 1.62. The van der Waals surface area contributed by atoms with Gasteiger partial charge < -0.3 is 10.0 Å². The molecule has 0 fully saturated rings. The Morgan fingerprint density at radius 1 is 1.50 bits per heavy atom. The van der Waals surface area contributed by atoms with E-state index < -0.39 is 11.9 Å². The molecule has 1 heterocycles. The van der Waals surface area contributed by atoms with Crippen molar-refractivity contribution in [2.75, 3.05) is 13.6 Å². The normalized spacial score (nSPS) is 12.2. The second-order valence-electron chi connectivity index (χ2n) is 4.60. The molecular formula is C12H19N3O3. The fourth-order valence-corrected chi connectivity index (χ4v) is 1.67. The lowest BCUT2D eigenvalue weighted by atomic mass is 10.2. The maximum Gasteiger partial charge on any atom is 0.308 e. The Morgan fingerprint density at radius 2 is 2.11 bits per heavy atom. The molecule has 0 aliphatic carbocycles. The third-order valence-electron chi connectivity index (χ3n) is 2.78. The minimum atomic E-state index is -0.902. The van der Waals surface area contributed by atoms with Crippen LogP contribution in [0.15, 0.2) is 6.07 Å². The highest BCUT2D eigenvalue weighted by atomic mass is 16.4. The Bertz CT molecular complexity index is 453. The number of rotatable bonds is 5. The number of likely N-dealkylation sites (N-methyl/N-ethyl adjacent to an activating group) is 1. The summed E-state index contributed by atoms with van der Waals surface area (Å²) in [6.07, 6.45) is 0. The lowest BCUT2D eigenvalue weighted by molar-refractivity contribution is -0.142. The van der Waals surface area contributed by atoms with Gasteiger partial charge in [0.2, 0.25) is 5.91 Å². The minimum Gasteiger partial charge on any atom is -0.481 e. The molecule has 0 aliphatic heterocycles. The molecule has 18 heavy (non-hydrogen) atoms. The van der Waals surface area contributed by atoms with E-state index in [0.29, 0.717) is 0 Å². The Labute approximate surface area is 106 Å². The molecule has 6 heteroatoms. The molecule has 1 aromatic heterocycles. The molecule has 6 nitrogen and oxygen atoms in total. The van der Waals surface area contributed by atoms with E-state index in [-0.39, 0.29) is 19.0 Å². The van der Waals surface area contributed by atoms with Gasteiger partial charge in [0.05, 0.1) is 11.6 Å². The number of aromatic nitrogens is 2. The number of hydrogen-bond donors (Lipinski definition) is 1. The van der Waals surface area contributed by atoms with E-state index in [1.54, 1.807) is 18.7 Å². The molecule has 0 saturated carbocycles. The summed E-state index contributed by atoms with van der Waals surface area (Å²) in [5.41, 5.74) is 1.78. The molecule has 1 N–H and O–H groups in total. The van der Waals surface area contributed by atoms with Gasteiger partial charge in [-0.3, -0.25) is 14.3 Å². The molecule has 0 spiro atoms. The Morgan fingerprint density at radius 3 is 2.56 bits per heavy atom. The van der Waals surface area contributed by atoms with E-state index in [2.05, 4.69) is 5.10 Å². The molecule has 1 aromatic rings. The number of carbonyl (C=O) groups excluding carboxylic acids is 1. The van der Waals surface area contributed by atoms with Gasteiger partial charge in [0, 0.05) is 19.3 Å². The lowest BCUT2D eigenvalue weighted by Gasteiger charge is -2.19. The van der Waals surface area contributed by atoms with Gasteiger partial charge in [-0.15, -0.1) is 0 Å².